The van der Waals surface area contributed by atoms with Crippen molar-refractivity contribution >= 4 is 6.03 Å². The molecule has 118 valence electrons. The quantitative estimate of drug-likeness (QED) is 0.810. The summed E-state index contributed by atoms with van der Waals surface area (Å²) >= 11 is 0. The highest BCUT2D eigenvalue weighted by molar-refractivity contribution is 5.74. The van der Waals surface area contributed by atoms with E-state index in [0.717, 1.165) is 0 Å². The van der Waals surface area contributed by atoms with Crippen molar-refractivity contribution in [3.8, 4) is 5.75 Å². The lowest BCUT2D eigenvalue weighted by Gasteiger charge is -2.21. The molecule has 0 aromatic heterocycles. The van der Waals surface area contributed by atoms with E-state index < -0.39 is 5.82 Å². The molecular formula is C15H23FN2O3. The van der Waals surface area contributed by atoms with Crippen LogP contribution in [0.15, 0.2) is 18.2 Å². The van der Waals surface area contributed by atoms with Crippen molar-refractivity contribution in [3.05, 3.63) is 29.6 Å². The number of benzene rings is 1. The fourth-order valence-electron chi connectivity index (χ4n) is 1.94. The number of methoxy groups -OCH3 is 1. The Balaban J connectivity index is 2.53. The number of hydrogen-bond acceptors (Lipinski definition) is 3. The summed E-state index contributed by atoms with van der Waals surface area (Å²) in [6.45, 7) is 2.30. The number of carbonyl (C=O) groups excluding carboxylic acids is 1. The molecule has 0 aliphatic rings. The van der Waals surface area contributed by atoms with Crippen molar-refractivity contribution in [1.29, 1.82) is 0 Å². The zero-order chi connectivity index (χ0) is 15.8. The normalized spacial score (nSPS) is 11.9. The Hall–Kier alpha value is -1.82. The molecule has 0 saturated carbocycles. The van der Waals surface area contributed by atoms with Crippen molar-refractivity contribution in [2.24, 2.45) is 0 Å². The van der Waals surface area contributed by atoms with Crippen LogP contribution in [0.5, 0.6) is 5.75 Å². The third kappa shape index (κ3) is 5.59. The zero-order valence-corrected chi connectivity index (χ0v) is 12.7. The van der Waals surface area contributed by atoms with Crippen LogP contribution in [0, 0.1) is 5.82 Å². The van der Waals surface area contributed by atoms with Crippen LogP contribution in [0.4, 0.5) is 9.18 Å². The molecule has 0 radical (unpaired) electrons. The molecule has 0 bridgehead atoms. The minimum atomic E-state index is -0.444. The molecular weight excluding hydrogens is 275 g/mol. The van der Waals surface area contributed by atoms with Gasteiger partial charge in [-0.15, -0.1) is 0 Å². The Morgan fingerprint density at radius 2 is 2.24 bits per heavy atom. The van der Waals surface area contributed by atoms with Gasteiger partial charge in [-0.1, -0.05) is 6.07 Å². The van der Waals surface area contributed by atoms with Crippen molar-refractivity contribution in [1.82, 2.24) is 10.2 Å². The van der Waals surface area contributed by atoms with Gasteiger partial charge in [0.05, 0.1) is 7.11 Å². The molecule has 1 rings (SSSR count). The second kappa shape index (κ2) is 8.46. The molecule has 0 saturated heterocycles. The summed E-state index contributed by atoms with van der Waals surface area (Å²) in [5, 5.41) is 11.6. The number of aliphatic hydroxyl groups is 1. The van der Waals surface area contributed by atoms with Gasteiger partial charge in [0.25, 0.3) is 0 Å². The highest BCUT2D eigenvalue weighted by atomic mass is 19.1. The maximum Gasteiger partial charge on any atom is 0.317 e. The number of rotatable bonds is 7. The van der Waals surface area contributed by atoms with Gasteiger partial charge in [-0.25, -0.2) is 9.18 Å². The van der Waals surface area contributed by atoms with E-state index >= 15 is 0 Å². The monoisotopic (exact) mass is 298 g/mol. The maximum absolute atomic E-state index is 13.6. The van der Waals surface area contributed by atoms with Gasteiger partial charge in [0.1, 0.15) is 0 Å². The number of hydrogen-bond donors (Lipinski definition) is 2. The van der Waals surface area contributed by atoms with Crippen molar-refractivity contribution < 1.29 is 19.0 Å². The second-order valence-electron chi connectivity index (χ2n) is 5.04. The molecule has 2 amide bonds. The van der Waals surface area contributed by atoms with Crippen molar-refractivity contribution in [3.63, 3.8) is 0 Å². The van der Waals surface area contributed by atoms with E-state index in [1.165, 1.54) is 18.1 Å². The fourth-order valence-corrected chi connectivity index (χ4v) is 1.94. The van der Waals surface area contributed by atoms with Crippen LogP contribution in [-0.2, 0) is 6.54 Å². The molecule has 0 spiro atoms. The first-order valence-corrected chi connectivity index (χ1v) is 6.92. The summed E-state index contributed by atoms with van der Waals surface area (Å²) in [5.74, 6) is -0.261. The van der Waals surface area contributed by atoms with E-state index in [1.807, 2.05) is 6.92 Å². The first kappa shape index (κ1) is 17.2. The van der Waals surface area contributed by atoms with Gasteiger partial charge >= 0.3 is 6.03 Å². The topological polar surface area (TPSA) is 61.8 Å². The molecule has 21 heavy (non-hydrogen) atoms. The van der Waals surface area contributed by atoms with Crippen LogP contribution < -0.4 is 10.1 Å². The van der Waals surface area contributed by atoms with Gasteiger partial charge in [-0.3, -0.25) is 0 Å². The van der Waals surface area contributed by atoms with Crippen LogP contribution in [0.25, 0.3) is 0 Å². The van der Waals surface area contributed by atoms with E-state index in [0.29, 0.717) is 24.9 Å². The number of urea groups is 1. The molecule has 5 nitrogen and oxygen atoms in total. The summed E-state index contributed by atoms with van der Waals surface area (Å²) in [4.78, 5) is 13.4. The van der Waals surface area contributed by atoms with E-state index in [-0.39, 0.29) is 24.4 Å². The molecule has 0 fully saturated rings. The lowest BCUT2D eigenvalue weighted by Crippen LogP contribution is -2.41. The molecule has 1 aromatic carbocycles. The van der Waals surface area contributed by atoms with Gasteiger partial charge in [0.15, 0.2) is 11.6 Å². The highest BCUT2D eigenvalue weighted by Gasteiger charge is 2.13. The summed E-state index contributed by atoms with van der Waals surface area (Å²) in [6, 6.07) is 4.38. The van der Waals surface area contributed by atoms with Crippen LogP contribution >= 0.6 is 0 Å². The summed E-state index contributed by atoms with van der Waals surface area (Å²) in [6.07, 6.45) is 1.36. The van der Waals surface area contributed by atoms with Gasteiger partial charge in [0, 0.05) is 26.2 Å². The number of amides is 2. The Kier molecular flexibility index (Phi) is 6.94. The third-order valence-electron chi connectivity index (χ3n) is 3.15. The van der Waals surface area contributed by atoms with Crippen LogP contribution in [0.2, 0.25) is 0 Å². The lowest BCUT2D eigenvalue weighted by molar-refractivity contribution is 0.201. The first-order chi connectivity index (χ1) is 9.97. The van der Waals surface area contributed by atoms with Gasteiger partial charge in [-0.2, -0.15) is 0 Å². The minimum absolute atomic E-state index is 0.0142. The Morgan fingerprint density at radius 1 is 1.52 bits per heavy atom. The molecule has 2 N–H and O–H groups in total. The zero-order valence-electron chi connectivity index (χ0n) is 12.7. The SMILES string of the molecule is COc1ccc(CN(C)C(=O)NC(C)CCCO)cc1F. The van der Waals surface area contributed by atoms with Crippen molar-refractivity contribution in [2.45, 2.75) is 32.4 Å². The summed E-state index contributed by atoms with van der Waals surface area (Å²) < 4.78 is 18.4. The number of nitrogens with one attached hydrogen (secondary N) is 1. The average molecular weight is 298 g/mol. The summed E-state index contributed by atoms with van der Waals surface area (Å²) in [5.41, 5.74) is 0.689. The Labute approximate surface area is 124 Å². The predicted octanol–water partition coefficient (Wildman–Crippen LogP) is 2.14. The smallest absolute Gasteiger partial charge is 0.317 e. The first-order valence-electron chi connectivity index (χ1n) is 6.92. The number of carbonyl (C=O) groups is 1. The second-order valence-corrected chi connectivity index (χ2v) is 5.04. The fraction of sp³-hybridized carbons (Fsp3) is 0.533. The molecule has 1 unspecified atom stereocenters. The van der Waals surface area contributed by atoms with E-state index in [2.05, 4.69) is 5.32 Å². The van der Waals surface area contributed by atoms with Gasteiger partial charge in [0.2, 0.25) is 0 Å². The maximum atomic E-state index is 13.6. The van der Waals surface area contributed by atoms with E-state index in [1.54, 1.807) is 19.2 Å². The number of aliphatic hydroxyl groups excluding tert-OH is 1. The molecule has 0 aliphatic heterocycles. The molecule has 1 atom stereocenters. The molecule has 1 aromatic rings. The predicted molar refractivity (Wildman–Crippen MR) is 78.7 cm³/mol. The Bertz CT molecular complexity index is 468. The van der Waals surface area contributed by atoms with E-state index in [9.17, 15) is 9.18 Å². The standard InChI is InChI=1S/C15H23FN2O3/c1-11(5-4-8-19)17-15(20)18(2)10-12-6-7-14(21-3)13(16)9-12/h6-7,9,11,19H,4-5,8,10H2,1-3H3,(H,17,20). The number of nitrogens with zero attached hydrogens (tertiary/aromatic N) is 1. The van der Waals surface area contributed by atoms with Gasteiger partial charge < -0.3 is 20.1 Å². The van der Waals surface area contributed by atoms with E-state index in [4.69, 9.17) is 9.84 Å². The van der Waals surface area contributed by atoms with Crippen LogP contribution in [0.3, 0.4) is 0 Å². The molecule has 0 aliphatic carbocycles. The average Bonchev–Trinajstić information content (AvgIpc) is 2.45. The lowest BCUT2D eigenvalue weighted by atomic mass is 10.2. The number of ether oxygens (including phenoxy) is 1. The summed E-state index contributed by atoms with van der Waals surface area (Å²) in [7, 11) is 3.06. The largest absolute Gasteiger partial charge is 0.494 e. The molecule has 6 heteroatoms. The van der Waals surface area contributed by atoms with Crippen molar-refractivity contribution in [2.75, 3.05) is 20.8 Å². The molecule has 0 heterocycles. The minimum Gasteiger partial charge on any atom is -0.494 e. The highest BCUT2D eigenvalue weighted by Crippen LogP contribution is 2.18. The van der Waals surface area contributed by atoms with Crippen LogP contribution in [-0.4, -0.2) is 42.8 Å². The van der Waals surface area contributed by atoms with Gasteiger partial charge in [-0.05, 0) is 37.5 Å². The Morgan fingerprint density at radius 3 is 2.81 bits per heavy atom. The number of halogens is 1. The van der Waals surface area contributed by atoms with Crippen LogP contribution in [0.1, 0.15) is 25.3 Å². The third-order valence-corrected chi connectivity index (χ3v) is 3.15.